The monoisotopic (exact) mass is 166 g/mol. The van der Waals surface area contributed by atoms with Crippen LogP contribution in [0.25, 0.3) is 5.57 Å². The molecule has 1 heterocycles. The van der Waals surface area contributed by atoms with Crippen LogP contribution in [0.5, 0.6) is 0 Å². The summed E-state index contributed by atoms with van der Waals surface area (Å²) >= 11 is 0. The molecule has 0 bridgehead atoms. The second kappa shape index (κ2) is 2.43. The van der Waals surface area contributed by atoms with Crippen LogP contribution in [0.15, 0.2) is 47.5 Å². The number of hydrogen-bond acceptors (Lipinski definition) is 1. The maximum Gasteiger partial charge on any atom is 0.0712 e. The van der Waals surface area contributed by atoms with Gasteiger partial charge in [0.05, 0.1) is 11.4 Å². The Morgan fingerprint density at radius 3 is 2.92 bits per heavy atom. The van der Waals surface area contributed by atoms with Gasteiger partial charge in [0, 0.05) is 17.6 Å². The number of hydrogen-bond donors (Lipinski definition) is 0. The Morgan fingerprint density at radius 2 is 1.92 bits per heavy atom. The van der Waals surface area contributed by atoms with Crippen LogP contribution < -0.4 is 0 Å². The number of rotatable bonds is 0. The van der Waals surface area contributed by atoms with Crippen LogP contribution in [-0.4, -0.2) is 5.71 Å². The number of aliphatic imine (C=N–C) groups is 1. The van der Waals surface area contributed by atoms with Crippen LogP contribution >= 0.6 is 0 Å². The molecule has 13 heavy (non-hydrogen) atoms. The first-order chi connectivity index (χ1) is 6.45. The molecule has 0 atom stereocenters. The van der Waals surface area contributed by atoms with E-state index in [9.17, 15) is 0 Å². The molecule has 1 aromatic carbocycles. The van der Waals surface area contributed by atoms with E-state index in [4.69, 9.17) is 0 Å². The Balaban J connectivity index is 2.26. The average molecular weight is 166 g/mol. The Labute approximate surface area is 77.1 Å². The van der Waals surface area contributed by atoms with Crippen LogP contribution in [0.3, 0.4) is 0 Å². The maximum atomic E-state index is 4.52. The van der Waals surface area contributed by atoms with Gasteiger partial charge in [-0.3, -0.25) is 4.99 Å². The van der Waals surface area contributed by atoms with Crippen LogP contribution in [0.4, 0.5) is 5.69 Å². The molecule has 3 rings (SSSR count). The Bertz CT molecular complexity index is 450. The third-order valence-electron chi connectivity index (χ3n) is 2.34. The van der Waals surface area contributed by atoms with Crippen molar-refractivity contribution in [2.75, 3.05) is 0 Å². The highest BCUT2D eigenvalue weighted by molar-refractivity contribution is 6.34. The Hall–Kier alpha value is -1.63. The molecule has 0 amide bonds. The molecule has 2 aliphatic rings. The van der Waals surface area contributed by atoms with Crippen molar-refractivity contribution in [3.63, 3.8) is 0 Å². The molecule has 1 aromatic rings. The summed E-state index contributed by atoms with van der Waals surface area (Å²) in [7, 11) is 0. The molecule has 1 aliphatic carbocycles. The van der Waals surface area contributed by atoms with E-state index in [0.29, 0.717) is 0 Å². The number of nitrogens with zero attached hydrogens (tertiary/aromatic N) is 1. The smallest absolute Gasteiger partial charge is 0.0712 e. The van der Waals surface area contributed by atoms with Crippen LogP contribution in [-0.2, 0) is 0 Å². The normalized spacial score (nSPS) is 17.5. The van der Waals surface area contributed by atoms with Gasteiger partial charge < -0.3 is 0 Å². The number of para-hydroxylation sites is 1. The van der Waals surface area contributed by atoms with Gasteiger partial charge >= 0.3 is 0 Å². The van der Waals surface area contributed by atoms with Gasteiger partial charge in [0.2, 0.25) is 0 Å². The number of fused-ring (bicyclic) bond motifs is 3. The van der Waals surface area contributed by atoms with Crippen LogP contribution in [0, 0.1) is 6.42 Å². The first-order valence-corrected chi connectivity index (χ1v) is 4.35. The summed E-state index contributed by atoms with van der Waals surface area (Å²) < 4.78 is 0. The van der Waals surface area contributed by atoms with Gasteiger partial charge in [-0.2, -0.15) is 0 Å². The Kier molecular flexibility index (Phi) is 1.28. The molecule has 0 N–H and O–H groups in total. The van der Waals surface area contributed by atoms with Crippen LogP contribution in [0.1, 0.15) is 5.56 Å². The quantitative estimate of drug-likeness (QED) is 0.562. The minimum atomic E-state index is 1.09. The molecule has 61 valence electrons. The van der Waals surface area contributed by atoms with E-state index in [0.717, 1.165) is 11.4 Å². The molecule has 0 spiro atoms. The first-order valence-electron chi connectivity index (χ1n) is 4.35. The summed E-state index contributed by atoms with van der Waals surface area (Å²) in [6, 6.07) is 8.24. The molecule has 1 aliphatic heterocycles. The molecule has 0 saturated heterocycles. The summed E-state index contributed by atoms with van der Waals surface area (Å²) in [4.78, 5) is 4.52. The van der Waals surface area contributed by atoms with Crippen molar-refractivity contribution in [2.24, 2.45) is 4.99 Å². The van der Waals surface area contributed by atoms with Gasteiger partial charge in [-0.25, -0.2) is 0 Å². The van der Waals surface area contributed by atoms with Gasteiger partial charge in [-0.1, -0.05) is 36.4 Å². The summed E-state index contributed by atoms with van der Waals surface area (Å²) in [6.45, 7) is 0. The third-order valence-corrected chi connectivity index (χ3v) is 2.34. The topological polar surface area (TPSA) is 12.4 Å². The van der Waals surface area contributed by atoms with Crippen molar-refractivity contribution in [1.82, 2.24) is 0 Å². The second-order valence-electron chi connectivity index (χ2n) is 3.15. The van der Waals surface area contributed by atoms with Gasteiger partial charge in [0.15, 0.2) is 0 Å². The van der Waals surface area contributed by atoms with E-state index in [-0.39, 0.29) is 0 Å². The predicted octanol–water partition coefficient (Wildman–Crippen LogP) is 2.93. The summed E-state index contributed by atoms with van der Waals surface area (Å²) in [6.07, 6.45) is 8.24. The fraction of sp³-hybridized carbons (Fsp3) is 0. The van der Waals surface area contributed by atoms with Crippen LogP contribution in [0.2, 0.25) is 0 Å². The molecular formula is C12H8N. The fourth-order valence-electron chi connectivity index (χ4n) is 1.73. The summed E-state index contributed by atoms with van der Waals surface area (Å²) in [5.74, 6) is 0. The van der Waals surface area contributed by atoms with Gasteiger partial charge in [-0.05, 0) is 6.07 Å². The molecular weight excluding hydrogens is 158 g/mol. The highest BCUT2D eigenvalue weighted by Gasteiger charge is 2.19. The number of allylic oxidation sites excluding steroid dienone is 4. The lowest BCUT2D eigenvalue weighted by Crippen LogP contribution is -1.98. The Morgan fingerprint density at radius 1 is 1.00 bits per heavy atom. The average Bonchev–Trinajstić information content (AvgIpc) is 2.56. The molecule has 0 fully saturated rings. The maximum absolute atomic E-state index is 4.52. The lowest BCUT2D eigenvalue weighted by molar-refractivity contribution is 1.54. The van der Waals surface area contributed by atoms with E-state index >= 15 is 0 Å². The zero-order chi connectivity index (χ0) is 8.67. The fourth-order valence-corrected chi connectivity index (χ4v) is 1.73. The molecule has 0 saturated carbocycles. The first kappa shape index (κ1) is 6.84. The summed E-state index contributed by atoms with van der Waals surface area (Å²) in [5.41, 5.74) is 4.67. The van der Waals surface area contributed by atoms with E-state index in [1.54, 1.807) is 0 Å². The van der Waals surface area contributed by atoms with Crippen molar-refractivity contribution in [3.8, 4) is 0 Å². The largest absolute Gasteiger partial charge is 0.252 e. The predicted molar refractivity (Wildman–Crippen MR) is 55.0 cm³/mol. The number of benzene rings is 1. The highest BCUT2D eigenvalue weighted by Crippen LogP contribution is 2.36. The van der Waals surface area contributed by atoms with E-state index in [2.05, 4.69) is 41.8 Å². The molecule has 0 aromatic heterocycles. The minimum Gasteiger partial charge on any atom is -0.252 e. The third kappa shape index (κ3) is 0.903. The van der Waals surface area contributed by atoms with Gasteiger partial charge in [0.1, 0.15) is 0 Å². The SMILES string of the molecule is [CH]1C=CC=C2C1=Nc1ccccc12. The molecule has 1 radical (unpaired) electrons. The van der Waals surface area contributed by atoms with Gasteiger partial charge in [0.25, 0.3) is 0 Å². The molecule has 1 nitrogen and oxygen atoms in total. The lowest BCUT2D eigenvalue weighted by Gasteiger charge is -2.04. The van der Waals surface area contributed by atoms with E-state index in [1.165, 1.54) is 11.1 Å². The molecule has 1 heteroatoms. The van der Waals surface area contributed by atoms with Crippen molar-refractivity contribution >= 4 is 17.0 Å². The van der Waals surface area contributed by atoms with E-state index < -0.39 is 0 Å². The second-order valence-corrected chi connectivity index (χ2v) is 3.15. The van der Waals surface area contributed by atoms with E-state index in [1.807, 2.05) is 12.1 Å². The lowest BCUT2D eigenvalue weighted by atomic mass is 9.98. The summed E-state index contributed by atoms with van der Waals surface area (Å²) in [5, 5.41) is 0. The van der Waals surface area contributed by atoms with Crippen molar-refractivity contribution in [2.45, 2.75) is 0 Å². The standard InChI is InChI=1S/C12H8N/c1-3-7-11-9(5-1)10-6-2-4-8-12(10)13-11/h1-8H. The molecule has 0 unspecified atom stereocenters. The zero-order valence-corrected chi connectivity index (χ0v) is 7.07. The highest BCUT2D eigenvalue weighted by atomic mass is 14.8. The van der Waals surface area contributed by atoms with Crippen molar-refractivity contribution in [1.29, 1.82) is 0 Å². The van der Waals surface area contributed by atoms with Crippen molar-refractivity contribution in [3.05, 3.63) is 54.5 Å². The minimum absolute atomic E-state index is 1.09. The van der Waals surface area contributed by atoms with Gasteiger partial charge in [-0.15, -0.1) is 0 Å². The van der Waals surface area contributed by atoms with Crippen molar-refractivity contribution < 1.29 is 0 Å². The zero-order valence-electron chi connectivity index (χ0n) is 7.07.